The molecule has 4 rings (SSSR count). The Morgan fingerprint density at radius 1 is 1.19 bits per heavy atom. The molecule has 0 aliphatic carbocycles. The van der Waals surface area contributed by atoms with Gasteiger partial charge in [-0.2, -0.15) is 0 Å². The van der Waals surface area contributed by atoms with E-state index in [0.717, 1.165) is 16.5 Å². The predicted molar refractivity (Wildman–Crippen MR) is 125 cm³/mol. The van der Waals surface area contributed by atoms with Crippen LogP contribution in [0, 0.1) is 12.8 Å². The van der Waals surface area contributed by atoms with Gasteiger partial charge in [0.2, 0.25) is 11.8 Å². The quantitative estimate of drug-likeness (QED) is 0.554. The Balaban J connectivity index is 1.37. The van der Waals surface area contributed by atoms with Crippen LogP contribution in [0.25, 0.3) is 11.0 Å². The van der Waals surface area contributed by atoms with Crippen LogP contribution in [0.2, 0.25) is 0 Å². The average Bonchev–Trinajstić information content (AvgIpc) is 3.15. The van der Waals surface area contributed by atoms with Crippen molar-refractivity contribution in [3.8, 4) is 5.75 Å². The van der Waals surface area contributed by atoms with Crippen LogP contribution in [0.3, 0.4) is 0 Å². The van der Waals surface area contributed by atoms with E-state index in [1.165, 1.54) is 11.1 Å². The molecule has 2 heterocycles. The molecule has 6 nitrogen and oxygen atoms in total. The zero-order valence-electron chi connectivity index (χ0n) is 18.9. The molecule has 0 spiro atoms. The first-order chi connectivity index (χ1) is 15.3. The molecule has 1 saturated heterocycles. The highest BCUT2D eigenvalue weighted by molar-refractivity contribution is 5.94. The lowest BCUT2D eigenvalue weighted by molar-refractivity contribution is -0.133. The Hall–Kier alpha value is -3.28. The number of nitrogens with zero attached hydrogens (tertiary/aromatic N) is 1. The molecule has 1 aliphatic heterocycles. The number of hydrogen-bond acceptors (Lipinski definition) is 4. The van der Waals surface area contributed by atoms with Gasteiger partial charge < -0.3 is 19.7 Å². The summed E-state index contributed by atoms with van der Waals surface area (Å²) in [5.41, 5.74) is 4.60. The lowest BCUT2D eigenvalue weighted by Gasteiger charge is -2.31. The maximum atomic E-state index is 13.0. The van der Waals surface area contributed by atoms with Crippen LogP contribution in [-0.2, 0) is 16.0 Å². The summed E-state index contributed by atoms with van der Waals surface area (Å²) in [5, 5.41) is 13.7. The second-order valence-corrected chi connectivity index (χ2v) is 8.96. The predicted octanol–water partition coefficient (Wildman–Crippen LogP) is 4.99. The van der Waals surface area contributed by atoms with Crippen molar-refractivity contribution in [3.05, 3.63) is 59.4 Å². The maximum absolute atomic E-state index is 13.0. The van der Waals surface area contributed by atoms with Crippen molar-refractivity contribution in [2.45, 2.75) is 46.0 Å². The minimum Gasteiger partial charge on any atom is -0.506 e. The Bertz CT molecular complexity index is 1140. The van der Waals surface area contributed by atoms with E-state index in [4.69, 9.17) is 4.42 Å². The molecule has 0 saturated carbocycles. The molecular formula is C26H30N2O4. The van der Waals surface area contributed by atoms with E-state index in [-0.39, 0.29) is 23.5 Å². The monoisotopic (exact) mass is 434 g/mol. The summed E-state index contributed by atoms with van der Waals surface area (Å²) in [7, 11) is 0. The number of rotatable bonds is 5. The number of nitrogens with one attached hydrogen (secondary N) is 1. The standard InChI is InChI=1S/C26H30N2O4/c1-16(2)20-14-21-19(15-32-24(21)12-17(20)3)13-25(30)28-10-8-18(9-11-28)26(31)27-22-6-4-5-7-23(22)29/h4-7,12,14-16,18,29H,8-11,13H2,1-3H3,(H,27,31). The molecule has 1 aromatic heterocycles. The minimum atomic E-state index is -0.176. The molecule has 1 aliphatic rings. The number of phenols is 1. The first-order valence-corrected chi connectivity index (χ1v) is 11.2. The van der Waals surface area contributed by atoms with Crippen LogP contribution in [0.15, 0.2) is 47.1 Å². The number of piperidine rings is 1. The highest BCUT2D eigenvalue weighted by atomic mass is 16.3. The second-order valence-electron chi connectivity index (χ2n) is 8.96. The van der Waals surface area contributed by atoms with E-state index < -0.39 is 0 Å². The Labute approximate surface area is 188 Å². The third-order valence-electron chi connectivity index (χ3n) is 6.39. The molecule has 1 fully saturated rings. The number of fused-ring (bicyclic) bond motifs is 1. The zero-order valence-corrected chi connectivity index (χ0v) is 18.9. The van der Waals surface area contributed by atoms with Gasteiger partial charge in [0.15, 0.2) is 0 Å². The van der Waals surface area contributed by atoms with E-state index in [0.29, 0.717) is 44.0 Å². The van der Waals surface area contributed by atoms with Gasteiger partial charge in [0.05, 0.1) is 18.4 Å². The summed E-state index contributed by atoms with van der Waals surface area (Å²) in [6.07, 6.45) is 3.20. The van der Waals surface area contributed by atoms with Gasteiger partial charge in [-0.25, -0.2) is 0 Å². The van der Waals surface area contributed by atoms with Crippen molar-refractivity contribution in [1.29, 1.82) is 0 Å². The summed E-state index contributed by atoms with van der Waals surface area (Å²) in [6.45, 7) is 7.51. The van der Waals surface area contributed by atoms with Gasteiger partial charge in [-0.15, -0.1) is 0 Å². The zero-order chi connectivity index (χ0) is 22.8. The molecule has 0 atom stereocenters. The molecule has 3 aromatic rings. The number of benzene rings is 2. The first kappa shape index (κ1) is 21.9. The number of carbonyl (C=O) groups excluding carboxylic acids is 2. The molecule has 2 N–H and O–H groups in total. The Morgan fingerprint density at radius 3 is 2.59 bits per heavy atom. The molecule has 2 amide bonds. The van der Waals surface area contributed by atoms with Gasteiger partial charge in [0, 0.05) is 30.0 Å². The highest BCUT2D eigenvalue weighted by Crippen LogP contribution is 2.30. The normalized spacial score (nSPS) is 14.8. The van der Waals surface area contributed by atoms with E-state index >= 15 is 0 Å². The fraction of sp³-hybridized carbons (Fsp3) is 0.385. The van der Waals surface area contributed by atoms with E-state index in [9.17, 15) is 14.7 Å². The minimum absolute atomic E-state index is 0.0524. The molecule has 0 unspecified atom stereocenters. The third kappa shape index (κ3) is 4.49. The van der Waals surface area contributed by atoms with Crippen molar-refractivity contribution in [3.63, 3.8) is 0 Å². The van der Waals surface area contributed by atoms with Gasteiger partial charge in [-0.1, -0.05) is 26.0 Å². The van der Waals surface area contributed by atoms with E-state index in [2.05, 4.69) is 32.2 Å². The van der Waals surface area contributed by atoms with Crippen molar-refractivity contribution >= 4 is 28.5 Å². The number of anilines is 1. The van der Waals surface area contributed by atoms with Crippen LogP contribution >= 0.6 is 0 Å². The SMILES string of the molecule is Cc1cc2occ(CC(=O)N3CCC(C(=O)Nc4ccccc4O)CC3)c2cc1C(C)C. The Morgan fingerprint density at radius 2 is 1.91 bits per heavy atom. The summed E-state index contributed by atoms with van der Waals surface area (Å²) in [6, 6.07) is 10.9. The van der Waals surface area contributed by atoms with Crippen LogP contribution in [-0.4, -0.2) is 34.9 Å². The van der Waals surface area contributed by atoms with Crippen molar-refractivity contribution in [2.75, 3.05) is 18.4 Å². The molecule has 0 radical (unpaired) electrons. The summed E-state index contributed by atoms with van der Waals surface area (Å²) in [5.74, 6) is 0.220. The van der Waals surface area contributed by atoms with Crippen molar-refractivity contribution in [1.82, 2.24) is 4.90 Å². The van der Waals surface area contributed by atoms with Crippen LogP contribution in [0.5, 0.6) is 5.75 Å². The lowest BCUT2D eigenvalue weighted by Crippen LogP contribution is -2.42. The van der Waals surface area contributed by atoms with Gasteiger partial charge in [-0.3, -0.25) is 9.59 Å². The largest absolute Gasteiger partial charge is 0.506 e. The number of para-hydroxylation sites is 2. The average molecular weight is 435 g/mol. The number of likely N-dealkylation sites (tertiary alicyclic amines) is 1. The summed E-state index contributed by atoms with van der Waals surface area (Å²) in [4.78, 5) is 27.4. The van der Waals surface area contributed by atoms with E-state index in [1.54, 1.807) is 30.5 Å². The topological polar surface area (TPSA) is 82.8 Å². The number of aryl methyl sites for hydroxylation is 1. The first-order valence-electron chi connectivity index (χ1n) is 11.2. The van der Waals surface area contributed by atoms with Crippen LogP contribution in [0.1, 0.15) is 49.3 Å². The molecule has 0 bridgehead atoms. The number of carbonyl (C=O) groups is 2. The van der Waals surface area contributed by atoms with Gasteiger partial charge in [-0.05, 0) is 61.1 Å². The van der Waals surface area contributed by atoms with Crippen LogP contribution < -0.4 is 5.32 Å². The van der Waals surface area contributed by atoms with Gasteiger partial charge >= 0.3 is 0 Å². The lowest BCUT2D eigenvalue weighted by atomic mass is 9.94. The maximum Gasteiger partial charge on any atom is 0.227 e. The Kier molecular flexibility index (Phi) is 6.21. The van der Waals surface area contributed by atoms with Crippen molar-refractivity contribution in [2.24, 2.45) is 5.92 Å². The van der Waals surface area contributed by atoms with Gasteiger partial charge in [0.25, 0.3) is 0 Å². The third-order valence-corrected chi connectivity index (χ3v) is 6.39. The molecule has 6 heteroatoms. The number of furan rings is 1. The number of phenolic OH excluding ortho intramolecular Hbond substituents is 1. The fourth-order valence-electron chi connectivity index (χ4n) is 4.48. The number of hydrogen-bond donors (Lipinski definition) is 2. The number of aromatic hydroxyl groups is 1. The highest BCUT2D eigenvalue weighted by Gasteiger charge is 2.28. The van der Waals surface area contributed by atoms with Gasteiger partial charge in [0.1, 0.15) is 11.3 Å². The van der Waals surface area contributed by atoms with Crippen molar-refractivity contribution < 1.29 is 19.1 Å². The smallest absolute Gasteiger partial charge is 0.227 e. The summed E-state index contributed by atoms with van der Waals surface area (Å²) < 4.78 is 5.72. The second kappa shape index (κ2) is 9.07. The van der Waals surface area contributed by atoms with E-state index in [1.807, 2.05) is 11.0 Å². The molecule has 32 heavy (non-hydrogen) atoms. The molecular weight excluding hydrogens is 404 g/mol. The summed E-state index contributed by atoms with van der Waals surface area (Å²) >= 11 is 0. The number of amides is 2. The molecule has 2 aromatic carbocycles. The van der Waals surface area contributed by atoms with Crippen LogP contribution in [0.4, 0.5) is 5.69 Å². The molecule has 168 valence electrons. The fourth-order valence-corrected chi connectivity index (χ4v) is 4.48.